The van der Waals surface area contributed by atoms with Gasteiger partial charge in [0, 0.05) is 59.2 Å². The van der Waals surface area contributed by atoms with Gasteiger partial charge < -0.3 is 95.4 Å². The van der Waals surface area contributed by atoms with Gasteiger partial charge in [-0.1, -0.05) is 67.2 Å². The zero-order chi connectivity index (χ0) is 60.1. The van der Waals surface area contributed by atoms with Gasteiger partial charge in [-0.25, -0.2) is 0 Å². The predicted octanol–water partition coefficient (Wildman–Crippen LogP) is 9.76. The first-order valence-electron chi connectivity index (χ1n) is 30.3. The standard InChI is InChI=1S/C56H108N3O20P3/c1-9-27-70-81(72-36-20-16-14-18-32-66-53-50(58)51(76-46(7)61)45(6)49(12-4)78-53)74-38-24-30-64-43-55(41-60,42-63-29-23-35-69-80-68-34-22-26-57)44-65-31-25-39-75-82(71-28-10-2)73-37-21-17-15-19-33-67-54-52(59)56(13-5,79-47(8)62)40-48(11-3)77-54/h45,48-54,60,80H,9-25,27-44,58-59H2,1-8H3/t45-,48?,49?,50?,51?,52?,53+,54+,55?,56?,81?,82?/m0/s1. The van der Waals surface area contributed by atoms with Crippen LogP contribution in [0.2, 0.25) is 0 Å². The number of nitriles is 1. The Labute approximate surface area is 496 Å². The summed E-state index contributed by atoms with van der Waals surface area (Å²) in [6.07, 6.45) is 11.5. The smallest absolute Gasteiger partial charge is 0.332 e. The van der Waals surface area contributed by atoms with E-state index in [9.17, 15) is 14.7 Å². The van der Waals surface area contributed by atoms with E-state index >= 15 is 0 Å². The summed E-state index contributed by atoms with van der Waals surface area (Å²) in [5, 5.41) is 19.4. The molecular weight excluding hydrogens is 1130 g/mol. The van der Waals surface area contributed by atoms with Crippen LogP contribution in [0.3, 0.4) is 0 Å². The highest BCUT2D eigenvalue weighted by molar-refractivity contribution is 7.41. The summed E-state index contributed by atoms with van der Waals surface area (Å²) in [4.78, 5) is 23.7. The molecule has 10 unspecified atom stereocenters. The number of carbonyl (C=O) groups excluding carboxylic acids is 2. The van der Waals surface area contributed by atoms with Crippen molar-refractivity contribution in [3.05, 3.63) is 0 Å². The number of nitrogens with zero attached hydrogens (tertiary/aromatic N) is 1. The number of hydrogen-bond acceptors (Lipinski definition) is 23. The van der Waals surface area contributed by atoms with Crippen molar-refractivity contribution < 1.29 is 93.5 Å². The first kappa shape index (κ1) is 77.1. The van der Waals surface area contributed by atoms with E-state index in [4.69, 9.17) is 95.6 Å². The minimum absolute atomic E-state index is 0.0223. The molecule has 82 heavy (non-hydrogen) atoms. The summed E-state index contributed by atoms with van der Waals surface area (Å²) >= 11 is 0. The van der Waals surface area contributed by atoms with Crippen LogP contribution in [0.25, 0.3) is 0 Å². The van der Waals surface area contributed by atoms with Crippen molar-refractivity contribution in [2.75, 3.05) is 112 Å². The maximum atomic E-state index is 11.9. The molecule has 0 aliphatic carbocycles. The number of unbranched alkanes of at least 4 members (excludes halogenated alkanes) is 6. The average Bonchev–Trinajstić information content (AvgIpc) is 3.66. The third-order valence-corrected chi connectivity index (χ3v) is 16.6. The number of carbonyl (C=O) groups is 2. The van der Waals surface area contributed by atoms with Gasteiger partial charge in [0.15, 0.2) is 21.6 Å². The molecule has 0 bridgehead atoms. The molecule has 2 aliphatic rings. The Morgan fingerprint density at radius 3 is 1.59 bits per heavy atom. The molecule has 26 heteroatoms. The molecule has 0 aromatic rings. The molecule has 0 amide bonds. The molecule has 0 radical (unpaired) electrons. The van der Waals surface area contributed by atoms with Gasteiger partial charge >= 0.3 is 29.1 Å². The molecule has 23 nitrogen and oxygen atoms in total. The topological polar surface area (TPSA) is 287 Å². The second kappa shape index (κ2) is 48.9. The summed E-state index contributed by atoms with van der Waals surface area (Å²) in [7, 11) is -3.21. The molecule has 2 heterocycles. The lowest BCUT2D eigenvalue weighted by Gasteiger charge is -2.47. The fraction of sp³-hybridized carbons (Fsp3) is 0.946. The molecule has 2 aliphatic heterocycles. The zero-order valence-corrected chi connectivity index (χ0v) is 53.9. The van der Waals surface area contributed by atoms with Crippen molar-refractivity contribution in [3.8, 4) is 6.07 Å². The number of ether oxygens (including phenoxy) is 9. The van der Waals surface area contributed by atoms with E-state index < -0.39 is 59.0 Å². The third kappa shape index (κ3) is 33.4. The maximum Gasteiger partial charge on any atom is 0.332 e. The van der Waals surface area contributed by atoms with Gasteiger partial charge in [-0.05, 0) is 77.0 Å². The fourth-order valence-electron chi connectivity index (χ4n) is 8.95. The fourth-order valence-corrected chi connectivity index (χ4v) is 11.7. The maximum absolute atomic E-state index is 11.9. The molecule has 2 saturated heterocycles. The quantitative estimate of drug-likeness (QED) is 0.0290. The van der Waals surface area contributed by atoms with Gasteiger partial charge in [-0.2, -0.15) is 5.26 Å². The predicted molar refractivity (Wildman–Crippen MR) is 313 cm³/mol. The molecule has 0 spiro atoms. The van der Waals surface area contributed by atoms with Crippen LogP contribution in [0.5, 0.6) is 0 Å². The van der Waals surface area contributed by atoms with E-state index in [-0.39, 0.29) is 65.5 Å². The number of rotatable bonds is 54. The van der Waals surface area contributed by atoms with Crippen LogP contribution in [0.1, 0.15) is 171 Å². The van der Waals surface area contributed by atoms with Crippen LogP contribution in [0, 0.1) is 22.7 Å². The number of aliphatic hydroxyl groups excluding tert-OH is 1. The normalized spacial score (nSPS) is 24.6. The zero-order valence-electron chi connectivity index (χ0n) is 51.1. The molecule has 0 saturated carbocycles. The lowest BCUT2D eigenvalue weighted by Crippen LogP contribution is -2.63. The van der Waals surface area contributed by atoms with E-state index in [1.165, 1.54) is 13.8 Å². The molecule has 0 aromatic heterocycles. The Morgan fingerprint density at radius 2 is 1.12 bits per heavy atom. The largest absolute Gasteiger partial charge is 0.460 e. The molecular formula is C56H108N3O20P3. The minimum atomic E-state index is -1.53. The molecule has 2 rings (SSSR count). The Kier molecular flexibility index (Phi) is 46.0. The SMILES string of the molecule is CCCOP(OCCCCCCO[C@@H]1OC(CC)[C@H](C)C(OC(C)=O)C1N)OCCCOCC(CO)(COCCCOPOCCC#N)COCCCOP(OCCC)OCCCCCCO[C@@H]1OC(CC)CC(CC)(OC(C)=O)C1N. The van der Waals surface area contributed by atoms with Gasteiger partial charge in [0.1, 0.15) is 11.7 Å². The van der Waals surface area contributed by atoms with Gasteiger partial charge in [-0.3, -0.25) is 9.59 Å². The third-order valence-electron chi connectivity index (χ3n) is 13.6. The second-order valence-corrected chi connectivity index (χ2v) is 24.0. The molecule has 0 aromatic carbocycles. The Balaban J connectivity index is 1.76. The lowest BCUT2D eigenvalue weighted by atomic mass is 9.82. The van der Waals surface area contributed by atoms with Gasteiger partial charge in [0.05, 0.1) is 121 Å². The van der Waals surface area contributed by atoms with E-state index in [2.05, 4.69) is 0 Å². The first-order valence-corrected chi connectivity index (χ1v) is 33.3. The number of esters is 2. The van der Waals surface area contributed by atoms with Crippen molar-refractivity contribution in [3.63, 3.8) is 0 Å². The van der Waals surface area contributed by atoms with Crippen LogP contribution < -0.4 is 11.5 Å². The van der Waals surface area contributed by atoms with Crippen LogP contribution in [-0.4, -0.2) is 178 Å². The summed E-state index contributed by atoms with van der Waals surface area (Å²) < 4.78 is 101. The minimum Gasteiger partial charge on any atom is -0.460 e. The number of nitrogens with two attached hydrogens (primary N) is 2. The van der Waals surface area contributed by atoms with Crippen LogP contribution in [-0.2, 0) is 88.4 Å². The van der Waals surface area contributed by atoms with Gasteiger partial charge in [0.2, 0.25) is 0 Å². The molecule has 482 valence electrons. The van der Waals surface area contributed by atoms with Crippen LogP contribution in [0.4, 0.5) is 0 Å². The summed E-state index contributed by atoms with van der Waals surface area (Å²) in [5.74, 6) is -0.736. The summed E-state index contributed by atoms with van der Waals surface area (Å²) in [6, 6.07) is 0.905. The van der Waals surface area contributed by atoms with E-state index in [1.807, 2.05) is 47.6 Å². The number of hydrogen-bond donors (Lipinski definition) is 3. The average molecular weight is 1240 g/mol. The first-order chi connectivity index (χ1) is 39.8. The molecule has 5 N–H and O–H groups in total. The van der Waals surface area contributed by atoms with Crippen molar-refractivity contribution in [1.82, 2.24) is 0 Å². The van der Waals surface area contributed by atoms with Crippen molar-refractivity contribution in [2.45, 2.75) is 220 Å². The van der Waals surface area contributed by atoms with Crippen LogP contribution >= 0.6 is 26.2 Å². The van der Waals surface area contributed by atoms with E-state index in [0.29, 0.717) is 124 Å². The highest BCUT2D eigenvalue weighted by Crippen LogP contribution is 2.42. The Bertz CT molecular complexity index is 1620. The van der Waals surface area contributed by atoms with Crippen LogP contribution in [0.15, 0.2) is 0 Å². The van der Waals surface area contributed by atoms with Crippen molar-refractivity contribution in [2.24, 2.45) is 22.8 Å². The highest BCUT2D eigenvalue weighted by atomic mass is 31.2. The Hall–Kier alpha value is -1.00. The van der Waals surface area contributed by atoms with Crippen molar-refractivity contribution >= 4 is 38.2 Å². The highest BCUT2D eigenvalue weighted by Gasteiger charge is 2.50. The molecule has 13 atom stereocenters. The second-order valence-electron chi connectivity index (χ2n) is 20.8. The van der Waals surface area contributed by atoms with E-state index in [0.717, 1.165) is 77.0 Å². The lowest BCUT2D eigenvalue weighted by molar-refractivity contribution is -0.257. The van der Waals surface area contributed by atoms with Gasteiger partial charge in [0.25, 0.3) is 0 Å². The molecule has 2 fully saturated rings. The monoisotopic (exact) mass is 1240 g/mol. The van der Waals surface area contributed by atoms with E-state index in [1.54, 1.807) is 0 Å². The number of aliphatic hydroxyl groups is 1. The summed E-state index contributed by atoms with van der Waals surface area (Å²) in [6.45, 7) is 20.9. The van der Waals surface area contributed by atoms with Gasteiger partial charge in [-0.15, -0.1) is 0 Å². The summed E-state index contributed by atoms with van der Waals surface area (Å²) in [5.41, 5.74) is 11.4. The Morgan fingerprint density at radius 1 is 0.634 bits per heavy atom. The van der Waals surface area contributed by atoms with Crippen molar-refractivity contribution in [1.29, 1.82) is 5.26 Å².